The van der Waals surface area contributed by atoms with Gasteiger partial charge in [0, 0.05) is 12.1 Å². The summed E-state index contributed by atoms with van der Waals surface area (Å²) in [7, 11) is 0. The van der Waals surface area contributed by atoms with E-state index >= 15 is 0 Å². The molecule has 0 spiro atoms. The van der Waals surface area contributed by atoms with Crippen molar-refractivity contribution in [2.75, 3.05) is 0 Å². The molecular formula is C14H28N2O. The Morgan fingerprint density at radius 2 is 1.53 bits per heavy atom. The summed E-state index contributed by atoms with van der Waals surface area (Å²) in [4.78, 5) is 11.5. The van der Waals surface area contributed by atoms with Gasteiger partial charge in [0.1, 0.15) is 0 Å². The Hall–Kier alpha value is -0.860. The van der Waals surface area contributed by atoms with Gasteiger partial charge in [0.2, 0.25) is 5.91 Å². The topological polar surface area (TPSA) is 41.5 Å². The molecule has 0 aromatic heterocycles. The quantitative estimate of drug-likeness (QED) is 0.349. The van der Waals surface area contributed by atoms with Gasteiger partial charge in [0.25, 0.3) is 0 Å². The molecule has 17 heavy (non-hydrogen) atoms. The molecule has 0 unspecified atom stereocenters. The number of carbonyl (C=O) groups is 1. The van der Waals surface area contributed by atoms with Gasteiger partial charge in [-0.1, -0.05) is 52.9 Å². The molecule has 0 fully saturated rings. The zero-order chi connectivity index (χ0) is 12.9. The molecule has 0 aliphatic heterocycles. The largest absolute Gasteiger partial charge is 0.273 e. The van der Waals surface area contributed by atoms with Gasteiger partial charge in [-0.2, -0.15) is 5.10 Å². The van der Waals surface area contributed by atoms with Crippen molar-refractivity contribution in [3.05, 3.63) is 0 Å². The zero-order valence-corrected chi connectivity index (χ0v) is 11.7. The first kappa shape index (κ1) is 16.1. The molecule has 0 heterocycles. The SMILES string of the molecule is CCCCCCC(=O)NN=C(CCC)CCC. The number of carbonyl (C=O) groups excluding carboxylic acids is 1. The number of nitrogens with zero attached hydrogens (tertiary/aromatic N) is 1. The number of nitrogens with one attached hydrogen (secondary N) is 1. The summed E-state index contributed by atoms with van der Waals surface area (Å²) >= 11 is 0. The molecule has 1 amide bonds. The fourth-order valence-corrected chi connectivity index (χ4v) is 1.72. The van der Waals surface area contributed by atoms with E-state index in [0.29, 0.717) is 6.42 Å². The predicted octanol–water partition coefficient (Wildman–Crippen LogP) is 4.03. The number of amides is 1. The molecule has 0 aliphatic carbocycles. The Labute approximate surface area is 106 Å². The standard InChI is InChI=1S/C14H28N2O/c1-4-7-8-9-12-14(17)16-15-13(10-5-2)11-6-3/h4-12H2,1-3H3,(H,16,17). The second-order valence-corrected chi connectivity index (χ2v) is 4.52. The van der Waals surface area contributed by atoms with Crippen molar-refractivity contribution in [3.63, 3.8) is 0 Å². The lowest BCUT2D eigenvalue weighted by atomic mass is 10.1. The third-order valence-corrected chi connectivity index (χ3v) is 2.67. The highest BCUT2D eigenvalue weighted by Crippen LogP contribution is 2.03. The maximum absolute atomic E-state index is 11.5. The van der Waals surface area contributed by atoms with Crippen LogP contribution in [-0.4, -0.2) is 11.6 Å². The molecule has 0 aromatic carbocycles. The molecule has 3 heteroatoms. The first-order valence-electron chi connectivity index (χ1n) is 7.08. The molecule has 1 N–H and O–H groups in total. The Bertz CT molecular complexity index is 216. The summed E-state index contributed by atoms with van der Waals surface area (Å²) in [6, 6.07) is 0. The summed E-state index contributed by atoms with van der Waals surface area (Å²) in [5.74, 6) is 0.0609. The highest BCUT2D eigenvalue weighted by atomic mass is 16.2. The monoisotopic (exact) mass is 240 g/mol. The second-order valence-electron chi connectivity index (χ2n) is 4.52. The maximum atomic E-state index is 11.5. The molecule has 0 radical (unpaired) electrons. The van der Waals surface area contributed by atoms with Crippen LogP contribution in [0.2, 0.25) is 0 Å². The van der Waals surface area contributed by atoms with Gasteiger partial charge in [0.15, 0.2) is 0 Å². The van der Waals surface area contributed by atoms with E-state index in [0.717, 1.165) is 44.2 Å². The van der Waals surface area contributed by atoms with Crippen LogP contribution in [0.3, 0.4) is 0 Å². The van der Waals surface area contributed by atoms with Crippen LogP contribution in [0.15, 0.2) is 5.10 Å². The van der Waals surface area contributed by atoms with Crippen molar-refractivity contribution in [1.82, 2.24) is 5.43 Å². The van der Waals surface area contributed by atoms with Gasteiger partial charge in [-0.25, -0.2) is 5.43 Å². The van der Waals surface area contributed by atoms with Crippen LogP contribution in [0.5, 0.6) is 0 Å². The first-order valence-corrected chi connectivity index (χ1v) is 7.08. The first-order chi connectivity index (χ1) is 8.24. The third-order valence-electron chi connectivity index (χ3n) is 2.67. The van der Waals surface area contributed by atoms with Crippen molar-refractivity contribution < 1.29 is 4.79 Å². The number of hydrazone groups is 1. The average molecular weight is 240 g/mol. The fourth-order valence-electron chi connectivity index (χ4n) is 1.72. The van der Waals surface area contributed by atoms with Crippen molar-refractivity contribution in [3.8, 4) is 0 Å². The van der Waals surface area contributed by atoms with Gasteiger partial charge in [-0.15, -0.1) is 0 Å². The number of hydrogen-bond donors (Lipinski definition) is 1. The van der Waals surface area contributed by atoms with Gasteiger partial charge >= 0.3 is 0 Å². The number of rotatable bonds is 10. The Kier molecular flexibility index (Phi) is 11.0. The van der Waals surface area contributed by atoms with Gasteiger partial charge in [-0.3, -0.25) is 4.79 Å². The number of unbranched alkanes of at least 4 members (excludes halogenated alkanes) is 3. The lowest BCUT2D eigenvalue weighted by Crippen LogP contribution is -2.19. The van der Waals surface area contributed by atoms with E-state index in [1.54, 1.807) is 0 Å². The predicted molar refractivity (Wildman–Crippen MR) is 74.2 cm³/mol. The molecule has 0 saturated heterocycles. The summed E-state index contributed by atoms with van der Waals surface area (Å²) in [6.07, 6.45) is 9.31. The normalized spacial score (nSPS) is 10.1. The minimum Gasteiger partial charge on any atom is -0.273 e. The van der Waals surface area contributed by atoms with Gasteiger partial charge < -0.3 is 0 Å². The molecule has 0 saturated carbocycles. The van der Waals surface area contributed by atoms with Crippen LogP contribution >= 0.6 is 0 Å². The van der Waals surface area contributed by atoms with Crippen molar-refractivity contribution in [2.24, 2.45) is 5.10 Å². The summed E-state index contributed by atoms with van der Waals surface area (Å²) in [5, 5.41) is 4.22. The summed E-state index contributed by atoms with van der Waals surface area (Å²) in [6.45, 7) is 6.45. The van der Waals surface area contributed by atoms with Crippen molar-refractivity contribution >= 4 is 11.6 Å². The Balaban J connectivity index is 3.79. The van der Waals surface area contributed by atoms with E-state index in [9.17, 15) is 4.79 Å². The summed E-state index contributed by atoms with van der Waals surface area (Å²) < 4.78 is 0. The Morgan fingerprint density at radius 1 is 0.882 bits per heavy atom. The minimum atomic E-state index is 0.0609. The lowest BCUT2D eigenvalue weighted by Gasteiger charge is -2.04. The fraction of sp³-hybridized carbons (Fsp3) is 0.857. The molecular weight excluding hydrogens is 212 g/mol. The highest BCUT2D eigenvalue weighted by Gasteiger charge is 2.01. The van der Waals surface area contributed by atoms with E-state index in [2.05, 4.69) is 31.3 Å². The van der Waals surface area contributed by atoms with E-state index in [1.807, 2.05) is 0 Å². The second kappa shape index (κ2) is 11.6. The third kappa shape index (κ3) is 10.0. The average Bonchev–Trinajstić information content (AvgIpc) is 2.32. The Morgan fingerprint density at radius 3 is 2.06 bits per heavy atom. The van der Waals surface area contributed by atoms with Crippen LogP contribution in [0.4, 0.5) is 0 Å². The molecule has 0 aliphatic rings. The molecule has 3 nitrogen and oxygen atoms in total. The smallest absolute Gasteiger partial charge is 0.240 e. The maximum Gasteiger partial charge on any atom is 0.240 e. The van der Waals surface area contributed by atoms with Crippen LogP contribution in [0.1, 0.15) is 78.6 Å². The van der Waals surface area contributed by atoms with Gasteiger partial charge in [0.05, 0.1) is 0 Å². The van der Waals surface area contributed by atoms with Crippen LogP contribution in [0.25, 0.3) is 0 Å². The van der Waals surface area contributed by atoms with Crippen LogP contribution < -0.4 is 5.43 Å². The molecule has 100 valence electrons. The van der Waals surface area contributed by atoms with E-state index in [-0.39, 0.29) is 5.91 Å². The van der Waals surface area contributed by atoms with E-state index < -0.39 is 0 Å². The van der Waals surface area contributed by atoms with Crippen molar-refractivity contribution in [1.29, 1.82) is 0 Å². The van der Waals surface area contributed by atoms with E-state index in [1.165, 1.54) is 12.8 Å². The molecule has 0 rings (SSSR count). The minimum absolute atomic E-state index is 0.0609. The lowest BCUT2D eigenvalue weighted by molar-refractivity contribution is -0.121. The van der Waals surface area contributed by atoms with Crippen LogP contribution in [0, 0.1) is 0 Å². The number of hydrogen-bond acceptors (Lipinski definition) is 2. The van der Waals surface area contributed by atoms with E-state index in [4.69, 9.17) is 0 Å². The molecule has 0 aromatic rings. The van der Waals surface area contributed by atoms with Crippen LogP contribution in [-0.2, 0) is 4.79 Å². The molecule has 0 atom stereocenters. The summed E-state index contributed by atoms with van der Waals surface area (Å²) in [5.41, 5.74) is 3.80. The van der Waals surface area contributed by atoms with Crippen molar-refractivity contribution in [2.45, 2.75) is 78.6 Å². The van der Waals surface area contributed by atoms with Gasteiger partial charge in [-0.05, 0) is 19.3 Å². The zero-order valence-electron chi connectivity index (χ0n) is 11.7. The highest BCUT2D eigenvalue weighted by molar-refractivity contribution is 5.86. The molecule has 0 bridgehead atoms.